The van der Waals surface area contributed by atoms with Crippen LogP contribution >= 0.6 is 12.2 Å². The van der Waals surface area contributed by atoms with E-state index in [4.69, 9.17) is 21.7 Å². The first-order chi connectivity index (χ1) is 13.5. The topological polar surface area (TPSA) is 60.3 Å². The Bertz CT molecular complexity index is 970. The SMILES string of the molecule is COc1ccc(NC(=S)Nc2c(C)nn(Cc3ccccc3)c2C)cc1OC. The number of benzene rings is 2. The van der Waals surface area contributed by atoms with Crippen LogP contribution in [0.25, 0.3) is 0 Å². The maximum absolute atomic E-state index is 5.49. The van der Waals surface area contributed by atoms with Gasteiger partial charge in [0.25, 0.3) is 0 Å². The highest BCUT2D eigenvalue weighted by molar-refractivity contribution is 7.80. The summed E-state index contributed by atoms with van der Waals surface area (Å²) in [7, 11) is 3.21. The largest absolute Gasteiger partial charge is 0.493 e. The molecule has 1 heterocycles. The lowest BCUT2D eigenvalue weighted by atomic mass is 10.2. The van der Waals surface area contributed by atoms with Gasteiger partial charge in [0.2, 0.25) is 0 Å². The zero-order chi connectivity index (χ0) is 20.1. The number of nitrogens with zero attached hydrogens (tertiary/aromatic N) is 2. The molecule has 0 unspecified atom stereocenters. The molecule has 0 aliphatic carbocycles. The van der Waals surface area contributed by atoms with Crippen LogP contribution in [-0.2, 0) is 6.54 Å². The van der Waals surface area contributed by atoms with Crippen LogP contribution in [0.3, 0.4) is 0 Å². The first kappa shape index (κ1) is 19.7. The molecule has 0 spiro atoms. The van der Waals surface area contributed by atoms with E-state index in [-0.39, 0.29) is 0 Å². The third-order valence-electron chi connectivity index (χ3n) is 4.44. The van der Waals surface area contributed by atoms with E-state index >= 15 is 0 Å². The molecule has 3 rings (SSSR count). The molecule has 0 fully saturated rings. The summed E-state index contributed by atoms with van der Waals surface area (Å²) in [4.78, 5) is 0. The fraction of sp³-hybridized carbons (Fsp3) is 0.238. The minimum atomic E-state index is 0.484. The van der Waals surface area contributed by atoms with E-state index in [1.54, 1.807) is 14.2 Å². The number of hydrogen-bond acceptors (Lipinski definition) is 4. The highest BCUT2D eigenvalue weighted by Gasteiger charge is 2.13. The maximum Gasteiger partial charge on any atom is 0.175 e. The summed E-state index contributed by atoms with van der Waals surface area (Å²) in [6.07, 6.45) is 0. The Balaban J connectivity index is 1.72. The Hall–Kier alpha value is -3.06. The summed E-state index contributed by atoms with van der Waals surface area (Å²) in [5, 5.41) is 11.6. The molecule has 2 N–H and O–H groups in total. The van der Waals surface area contributed by atoms with Gasteiger partial charge >= 0.3 is 0 Å². The molecule has 0 radical (unpaired) electrons. The van der Waals surface area contributed by atoms with E-state index in [1.807, 2.05) is 54.9 Å². The fourth-order valence-electron chi connectivity index (χ4n) is 2.98. The van der Waals surface area contributed by atoms with Crippen molar-refractivity contribution in [3.63, 3.8) is 0 Å². The second-order valence-corrected chi connectivity index (χ2v) is 6.75. The van der Waals surface area contributed by atoms with Crippen LogP contribution in [0.2, 0.25) is 0 Å². The lowest BCUT2D eigenvalue weighted by Crippen LogP contribution is -2.20. The first-order valence-corrected chi connectivity index (χ1v) is 9.30. The smallest absolute Gasteiger partial charge is 0.175 e. The lowest BCUT2D eigenvalue weighted by Gasteiger charge is -2.13. The van der Waals surface area contributed by atoms with Crippen molar-refractivity contribution in [2.45, 2.75) is 20.4 Å². The number of anilines is 2. The zero-order valence-corrected chi connectivity index (χ0v) is 17.3. The van der Waals surface area contributed by atoms with Crippen LogP contribution in [0.15, 0.2) is 48.5 Å². The highest BCUT2D eigenvalue weighted by atomic mass is 32.1. The van der Waals surface area contributed by atoms with Gasteiger partial charge in [-0.25, -0.2) is 0 Å². The Morgan fingerprint density at radius 2 is 1.71 bits per heavy atom. The third-order valence-corrected chi connectivity index (χ3v) is 4.64. The Morgan fingerprint density at radius 3 is 2.39 bits per heavy atom. The van der Waals surface area contributed by atoms with E-state index in [2.05, 4.69) is 27.9 Å². The van der Waals surface area contributed by atoms with E-state index < -0.39 is 0 Å². The summed E-state index contributed by atoms with van der Waals surface area (Å²) in [6, 6.07) is 15.8. The second-order valence-electron chi connectivity index (χ2n) is 6.34. The van der Waals surface area contributed by atoms with E-state index in [0.717, 1.165) is 22.8 Å². The average molecular weight is 397 g/mol. The number of thiocarbonyl (C=S) groups is 1. The van der Waals surface area contributed by atoms with Gasteiger partial charge in [0.15, 0.2) is 16.6 Å². The van der Waals surface area contributed by atoms with Crippen molar-refractivity contribution in [3.8, 4) is 11.5 Å². The average Bonchev–Trinajstić information content (AvgIpc) is 2.96. The number of aryl methyl sites for hydroxylation is 1. The van der Waals surface area contributed by atoms with Crippen molar-refractivity contribution in [1.29, 1.82) is 0 Å². The standard InChI is InChI=1S/C21H24N4O2S/c1-14-20(15(2)25(24-14)13-16-8-6-5-7-9-16)23-21(28)22-17-10-11-18(26-3)19(12-17)27-4/h5-12H,13H2,1-4H3,(H2,22,23,28). The minimum Gasteiger partial charge on any atom is -0.493 e. The van der Waals surface area contributed by atoms with Crippen molar-refractivity contribution in [3.05, 3.63) is 65.5 Å². The predicted molar refractivity (Wildman–Crippen MR) is 117 cm³/mol. The number of methoxy groups -OCH3 is 2. The zero-order valence-electron chi connectivity index (χ0n) is 16.4. The normalized spacial score (nSPS) is 10.4. The number of rotatable bonds is 6. The van der Waals surface area contributed by atoms with Gasteiger partial charge in [-0.1, -0.05) is 30.3 Å². The Labute approximate surface area is 170 Å². The number of ether oxygens (including phenoxy) is 2. The fourth-order valence-corrected chi connectivity index (χ4v) is 3.20. The van der Waals surface area contributed by atoms with Crippen molar-refractivity contribution >= 4 is 28.7 Å². The monoisotopic (exact) mass is 396 g/mol. The molecule has 0 amide bonds. The van der Waals surface area contributed by atoms with E-state index in [0.29, 0.717) is 23.2 Å². The summed E-state index contributed by atoms with van der Waals surface area (Å²) >= 11 is 5.49. The number of hydrogen-bond donors (Lipinski definition) is 2. The van der Waals surface area contributed by atoms with Gasteiger partial charge in [-0.2, -0.15) is 5.10 Å². The third kappa shape index (κ3) is 4.43. The van der Waals surface area contributed by atoms with E-state index in [1.165, 1.54) is 5.56 Å². The molecule has 7 heteroatoms. The van der Waals surface area contributed by atoms with Crippen LogP contribution in [-0.4, -0.2) is 29.1 Å². The molecule has 2 aromatic carbocycles. The molecule has 0 atom stereocenters. The summed E-state index contributed by atoms with van der Waals surface area (Å²) in [6.45, 7) is 4.71. The summed E-state index contributed by atoms with van der Waals surface area (Å²) < 4.78 is 12.6. The summed E-state index contributed by atoms with van der Waals surface area (Å²) in [5.41, 5.74) is 4.84. The van der Waals surface area contributed by atoms with Gasteiger partial charge in [-0.3, -0.25) is 4.68 Å². The molecule has 146 valence electrons. The predicted octanol–water partition coefficient (Wildman–Crippen LogP) is 4.37. The van der Waals surface area contributed by atoms with Gasteiger partial charge < -0.3 is 20.1 Å². The van der Waals surface area contributed by atoms with Gasteiger partial charge in [0, 0.05) is 11.8 Å². The molecule has 1 aromatic heterocycles. The molecule has 28 heavy (non-hydrogen) atoms. The molecule has 6 nitrogen and oxygen atoms in total. The van der Waals surface area contributed by atoms with Crippen LogP contribution in [0, 0.1) is 13.8 Å². The molecule has 0 aliphatic heterocycles. The van der Waals surface area contributed by atoms with Gasteiger partial charge in [-0.05, 0) is 43.8 Å². The second kappa shape index (κ2) is 8.75. The van der Waals surface area contributed by atoms with Gasteiger partial charge in [0.05, 0.1) is 37.8 Å². The van der Waals surface area contributed by atoms with Crippen LogP contribution in [0.4, 0.5) is 11.4 Å². The van der Waals surface area contributed by atoms with Crippen molar-refractivity contribution in [2.75, 3.05) is 24.9 Å². The first-order valence-electron chi connectivity index (χ1n) is 8.89. The molecular weight excluding hydrogens is 372 g/mol. The minimum absolute atomic E-state index is 0.484. The molecule has 3 aromatic rings. The maximum atomic E-state index is 5.49. The van der Waals surface area contributed by atoms with Crippen molar-refractivity contribution < 1.29 is 9.47 Å². The molecule has 0 aliphatic rings. The van der Waals surface area contributed by atoms with Crippen molar-refractivity contribution in [1.82, 2.24) is 9.78 Å². The van der Waals surface area contributed by atoms with Gasteiger partial charge in [-0.15, -0.1) is 0 Å². The van der Waals surface area contributed by atoms with Crippen molar-refractivity contribution in [2.24, 2.45) is 0 Å². The van der Waals surface area contributed by atoms with Crippen LogP contribution in [0.5, 0.6) is 11.5 Å². The van der Waals surface area contributed by atoms with E-state index in [9.17, 15) is 0 Å². The summed E-state index contributed by atoms with van der Waals surface area (Å²) in [5.74, 6) is 1.30. The quantitative estimate of drug-likeness (QED) is 0.603. The molecular formula is C21H24N4O2S. The van der Waals surface area contributed by atoms with Crippen LogP contribution < -0.4 is 20.1 Å². The lowest BCUT2D eigenvalue weighted by molar-refractivity contribution is 0.355. The highest BCUT2D eigenvalue weighted by Crippen LogP contribution is 2.30. The Kier molecular flexibility index (Phi) is 6.16. The molecule has 0 bridgehead atoms. The van der Waals surface area contributed by atoms with Crippen LogP contribution in [0.1, 0.15) is 17.0 Å². The molecule has 0 saturated carbocycles. The number of nitrogens with one attached hydrogen (secondary N) is 2. The van der Waals surface area contributed by atoms with Gasteiger partial charge in [0.1, 0.15) is 0 Å². The Morgan fingerprint density at radius 1 is 1.00 bits per heavy atom. The molecule has 0 saturated heterocycles. The number of aromatic nitrogens is 2.